The Hall–Kier alpha value is -2.44. The van der Waals surface area contributed by atoms with Gasteiger partial charge in [0.05, 0.1) is 17.6 Å². The molecule has 5 nitrogen and oxygen atoms in total. The maximum absolute atomic E-state index is 13.2. The number of hydrogen-bond acceptors (Lipinski definition) is 4. The standard InChI is InChI=1S/C21H25FN4O/c1-15(27)25-12-10-18(11-13-25)23-21-24-19-4-2-3-5-20(19)26(21)14-16-6-8-17(22)9-7-16/h2-9,15,18,27H,10-14H2,1H3,(H,23,24). The van der Waals surface area contributed by atoms with Crippen LogP contribution in [-0.2, 0) is 6.54 Å². The molecule has 0 amide bonds. The van der Waals surface area contributed by atoms with Gasteiger partial charge in [-0.2, -0.15) is 0 Å². The van der Waals surface area contributed by atoms with E-state index >= 15 is 0 Å². The second-order valence-corrected chi connectivity index (χ2v) is 7.22. The van der Waals surface area contributed by atoms with E-state index in [1.54, 1.807) is 0 Å². The first kappa shape index (κ1) is 17.9. The number of para-hydroxylation sites is 2. The van der Waals surface area contributed by atoms with Gasteiger partial charge < -0.3 is 15.0 Å². The number of nitrogens with one attached hydrogen (secondary N) is 1. The Balaban J connectivity index is 1.57. The summed E-state index contributed by atoms with van der Waals surface area (Å²) in [7, 11) is 0. The number of halogens is 1. The third-order valence-corrected chi connectivity index (χ3v) is 5.30. The highest BCUT2D eigenvalue weighted by Crippen LogP contribution is 2.24. The van der Waals surface area contributed by atoms with Crippen LogP contribution < -0.4 is 5.32 Å². The number of aromatic nitrogens is 2. The van der Waals surface area contributed by atoms with E-state index in [0.29, 0.717) is 12.6 Å². The first-order valence-electron chi connectivity index (χ1n) is 9.48. The van der Waals surface area contributed by atoms with Crippen molar-refractivity contribution in [1.82, 2.24) is 14.5 Å². The predicted molar refractivity (Wildman–Crippen MR) is 105 cm³/mol. The number of imidazole rings is 1. The van der Waals surface area contributed by atoms with Gasteiger partial charge in [-0.3, -0.25) is 4.90 Å². The quantitative estimate of drug-likeness (QED) is 0.724. The van der Waals surface area contributed by atoms with E-state index in [2.05, 4.69) is 20.9 Å². The summed E-state index contributed by atoms with van der Waals surface area (Å²) < 4.78 is 15.4. The van der Waals surface area contributed by atoms with Crippen molar-refractivity contribution < 1.29 is 9.50 Å². The van der Waals surface area contributed by atoms with Crippen molar-refractivity contribution in [2.45, 2.75) is 38.6 Å². The maximum Gasteiger partial charge on any atom is 0.204 e. The van der Waals surface area contributed by atoms with Gasteiger partial charge in [-0.25, -0.2) is 9.37 Å². The molecule has 2 aromatic carbocycles. The highest BCUT2D eigenvalue weighted by atomic mass is 19.1. The first-order valence-corrected chi connectivity index (χ1v) is 9.48. The van der Waals surface area contributed by atoms with Crippen LogP contribution in [0.15, 0.2) is 48.5 Å². The minimum absolute atomic E-state index is 0.225. The molecule has 3 aromatic rings. The van der Waals surface area contributed by atoms with Crippen LogP contribution >= 0.6 is 0 Å². The molecule has 0 saturated carbocycles. The molecule has 2 heterocycles. The van der Waals surface area contributed by atoms with Crippen molar-refractivity contribution in [3.8, 4) is 0 Å². The summed E-state index contributed by atoms with van der Waals surface area (Å²) in [6.07, 6.45) is 1.53. The SMILES string of the molecule is CC(O)N1CCC(Nc2nc3ccccc3n2Cc2ccc(F)cc2)CC1. The summed E-state index contributed by atoms with van der Waals surface area (Å²) in [4.78, 5) is 6.87. The number of rotatable bonds is 5. The van der Waals surface area contributed by atoms with Crippen LogP contribution in [0.25, 0.3) is 11.0 Å². The largest absolute Gasteiger partial charge is 0.379 e. The van der Waals surface area contributed by atoms with Crippen molar-refractivity contribution >= 4 is 17.0 Å². The van der Waals surface area contributed by atoms with Gasteiger partial charge in [-0.05, 0) is 49.6 Å². The average Bonchev–Trinajstić information content (AvgIpc) is 3.01. The fourth-order valence-electron chi connectivity index (χ4n) is 3.72. The zero-order valence-electron chi connectivity index (χ0n) is 15.5. The Morgan fingerprint density at radius 3 is 2.56 bits per heavy atom. The van der Waals surface area contributed by atoms with E-state index in [1.165, 1.54) is 12.1 Å². The van der Waals surface area contributed by atoms with E-state index < -0.39 is 6.23 Å². The second kappa shape index (κ2) is 7.66. The van der Waals surface area contributed by atoms with Crippen molar-refractivity contribution in [3.63, 3.8) is 0 Å². The number of likely N-dealkylation sites (tertiary alicyclic amines) is 1. The Labute approximate surface area is 158 Å². The normalized spacial score (nSPS) is 17.3. The topological polar surface area (TPSA) is 53.3 Å². The van der Waals surface area contributed by atoms with Crippen LogP contribution in [-0.4, -0.2) is 44.9 Å². The molecule has 2 N–H and O–H groups in total. The molecule has 1 unspecified atom stereocenters. The summed E-state index contributed by atoms with van der Waals surface area (Å²) >= 11 is 0. The van der Waals surface area contributed by atoms with Crippen LogP contribution in [0.5, 0.6) is 0 Å². The van der Waals surface area contributed by atoms with Crippen molar-refractivity contribution in [3.05, 3.63) is 59.9 Å². The summed E-state index contributed by atoms with van der Waals surface area (Å²) in [6.45, 7) is 4.19. The number of fused-ring (bicyclic) bond motifs is 1. The van der Waals surface area contributed by atoms with Gasteiger partial charge in [0, 0.05) is 19.1 Å². The molecule has 1 atom stereocenters. The number of aliphatic hydroxyl groups excluding tert-OH is 1. The molecular weight excluding hydrogens is 343 g/mol. The van der Waals surface area contributed by atoms with Crippen molar-refractivity contribution in [1.29, 1.82) is 0 Å². The molecule has 1 fully saturated rings. The first-order chi connectivity index (χ1) is 13.1. The Bertz CT molecular complexity index is 898. The molecule has 142 valence electrons. The number of anilines is 1. The average molecular weight is 368 g/mol. The van der Waals surface area contributed by atoms with Crippen molar-refractivity contribution in [2.75, 3.05) is 18.4 Å². The number of hydrogen-bond donors (Lipinski definition) is 2. The minimum atomic E-state index is -0.394. The van der Waals surface area contributed by atoms with Crippen LogP contribution in [0, 0.1) is 5.82 Å². The lowest BCUT2D eigenvalue weighted by Gasteiger charge is -2.34. The monoisotopic (exact) mass is 368 g/mol. The van der Waals surface area contributed by atoms with Crippen LogP contribution in [0.2, 0.25) is 0 Å². The van der Waals surface area contributed by atoms with E-state index in [9.17, 15) is 9.50 Å². The van der Waals surface area contributed by atoms with Gasteiger partial charge in [0.2, 0.25) is 5.95 Å². The predicted octanol–water partition coefficient (Wildman–Crippen LogP) is 3.44. The highest BCUT2D eigenvalue weighted by Gasteiger charge is 2.23. The molecule has 4 rings (SSSR count). The van der Waals surface area contributed by atoms with Gasteiger partial charge in [0.25, 0.3) is 0 Å². The number of aliphatic hydroxyl groups is 1. The third kappa shape index (κ3) is 3.96. The minimum Gasteiger partial charge on any atom is -0.379 e. The van der Waals surface area contributed by atoms with E-state index in [-0.39, 0.29) is 5.82 Å². The van der Waals surface area contributed by atoms with E-state index in [0.717, 1.165) is 48.5 Å². The zero-order valence-corrected chi connectivity index (χ0v) is 15.5. The number of benzene rings is 2. The van der Waals surface area contributed by atoms with E-state index in [1.807, 2.05) is 37.3 Å². The molecule has 27 heavy (non-hydrogen) atoms. The molecule has 1 saturated heterocycles. The molecule has 0 spiro atoms. The van der Waals surface area contributed by atoms with Gasteiger partial charge in [0.15, 0.2) is 0 Å². The molecule has 1 aliphatic heterocycles. The lowest BCUT2D eigenvalue weighted by molar-refractivity contribution is 0.00473. The molecule has 1 aromatic heterocycles. The summed E-state index contributed by atoms with van der Waals surface area (Å²) in [6, 6.07) is 15.0. The van der Waals surface area contributed by atoms with Crippen LogP contribution in [0.4, 0.5) is 10.3 Å². The maximum atomic E-state index is 13.2. The molecule has 0 bridgehead atoms. The highest BCUT2D eigenvalue weighted by molar-refractivity contribution is 5.78. The molecule has 0 aliphatic carbocycles. The smallest absolute Gasteiger partial charge is 0.204 e. The fourth-order valence-corrected chi connectivity index (χ4v) is 3.72. The summed E-state index contributed by atoms with van der Waals surface area (Å²) in [5.41, 5.74) is 3.04. The molecule has 1 aliphatic rings. The number of piperidine rings is 1. The summed E-state index contributed by atoms with van der Waals surface area (Å²) in [5, 5.41) is 13.3. The Kier molecular flexibility index (Phi) is 5.09. The number of nitrogens with zero attached hydrogens (tertiary/aromatic N) is 3. The second-order valence-electron chi connectivity index (χ2n) is 7.22. The van der Waals surface area contributed by atoms with Gasteiger partial charge in [0.1, 0.15) is 12.0 Å². The Morgan fingerprint density at radius 1 is 1.15 bits per heavy atom. The van der Waals surface area contributed by atoms with Gasteiger partial charge in [-0.1, -0.05) is 24.3 Å². The lowest BCUT2D eigenvalue weighted by atomic mass is 10.1. The molecule has 6 heteroatoms. The van der Waals surface area contributed by atoms with E-state index in [4.69, 9.17) is 4.98 Å². The third-order valence-electron chi connectivity index (χ3n) is 5.30. The molecule has 0 radical (unpaired) electrons. The zero-order chi connectivity index (χ0) is 18.8. The van der Waals surface area contributed by atoms with Crippen LogP contribution in [0.1, 0.15) is 25.3 Å². The van der Waals surface area contributed by atoms with Gasteiger partial charge >= 0.3 is 0 Å². The van der Waals surface area contributed by atoms with Crippen LogP contribution in [0.3, 0.4) is 0 Å². The fraction of sp³-hybridized carbons (Fsp3) is 0.381. The summed E-state index contributed by atoms with van der Waals surface area (Å²) in [5.74, 6) is 0.619. The molecular formula is C21H25FN4O. The lowest BCUT2D eigenvalue weighted by Crippen LogP contribution is -2.43. The van der Waals surface area contributed by atoms with Gasteiger partial charge in [-0.15, -0.1) is 0 Å². The Morgan fingerprint density at radius 2 is 1.85 bits per heavy atom. The van der Waals surface area contributed by atoms with Crippen molar-refractivity contribution in [2.24, 2.45) is 0 Å².